The van der Waals surface area contributed by atoms with Gasteiger partial charge in [0.05, 0.1) is 0 Å². The summed E-state index contributed by atoms with van der Waals surface area (Å²) in [4.78, 5) is 2.61. The number of rotatable bonds is 5. The van der Waals surface area contributed by atoms with Gasteiger partial charge in [0.1, 0.15) is 0 Å². The Bertz CT molecular complexity index is 380. The van der Waals surface area contributed by atoms with E-state index >= 15 is 0 Å². The van der Waals surface area contributed by atoms with Crippen molar-refractivity contribution < 1.29 is 0 Å². The molecule has 0 unspecified atom stereocenters. The van der Waals surface area contributed by atoms with Gasteiger partial charge in [-0.05, 0) is 25.3 Å². The van der Waals surface area contributed by atoms with E-state index in [-0.39, 0.29) is 0 Å². The summed E-state index contributed by atoms with van der Waals surface area (Å²) in [6, 6.07) is 9.49. The smallest absolute Gasteiger partial charge is 0.0352 e. The van der Waals surface area contributed by atoms with Crippen LogP contribution in [-0.2, 0) is 0 Å². The zero-order valence-corrected chi connectivity index (χ0v) is 11.4. The van der Waals surface area contributed by atoms with Crippen LogP contribution in [0.15, 0.2) is 36.9 Å². The van der Waals surface area contributed by atoms with Crippen LogP contribution >= 0.6 is 0 Å². The van der Waals surface area contributed by atoms with Crippen molar-refractivity contribution in [3.8, 4) is 0 Å². The molecular weight excluding hydrogens is 220 g/mol. The Labute approximate surface area is 111 Å². The molecule has 1 atom stereocenters. The number of piperazine rings is 1. The van der Waals surface area contributed by atoms with E-state index in [9.17, 15) is 0 Å². The van der Waals surface area contributed by atoms with Crippen molar-refractivity contribution in [3.05, 3.63) is 48.0 Å². The summed E-state index contributed by atoms with van der Waals surface area (Å²) in [6.07, 6.45) is 4.29. The first-order valence-corrected chi connectivity index (χ1v) is 6.93. The van der Waals surface area contributed by atoms with Gasteiger partial charge in [-0.2, -0.15) is 0 Å². The van der Waals surface area contributed by atoms with E-state index in [2.05, 4.69) is 48.0 Å². The second-order valence-electron chi connectivity index (χ2n) is 5.08. The lowest BCUT2D eigenvalue weighted by Crippen LogP contribution is -2.45. The zero-order chi connectivity index (χ0) is 12.8. The van der Waals surface area contributed by atoms with Crippen LogP contribution < -0.4 is 5.32 Å². The first-order chi connectivity index (χ1) is 8.81. The average Bonchev–Trinajstić information content (AvgIpc) is 2.40. The molecule has 1 fully saturated rings. The fourth-order valence-electron chi connectivity index (χ4n) is 2.71. The van der Waals surface area contributed by atoms with Crippen LogP contribution in [-0.4, -0.2) is 31.1 Å². The maximum absolute atomic E-state index is 3.86. The number of benzene rings is 1. The third-order valence-corrected chi connectivity index (χ3v) is 3.66. The summed E-state index contributed by atoms with van der Waals surface area (Å²) in [5.41, 5.74) is 2.81. The van der Waals surface area contributed by atoms with Crippen molar-refractivity contribution in [2.24, 2.45) is 0 Å². The van der Waals surface area contributed by atoms with Crippen LogP contribution in [0.2, 0.25) is 0 Å². The van der Waals surface area contributed by atoms with E-state index < -0.39 is 0 Å². The van der Waals surface area contributed by atoms with Crippen LogP contribution in [0.25, 0.3) is 0 Å². The van der Waals surface area contributed by atoms with Gasteiger partial charge in [-0.15, -0.1) is 6.58 Å². The van der Waals surface area contributed by atoms with Gasteiger partial charge in [0.15, 0.2) is 0 Å². The van der Waals surface area contributed by atoms with Crippen molar-refractivity contribution in [2.75, 3.05) is 26.2 Å². The SMILES string of the molecule is C=CCC[C@@H](c1cccc(C)c1)N1CCNCC1. The summed E-state index contributed by atoms with van der Waals surface area (Å²) < 4.78 is 0. The van der Waals surface area contributed by atoms with Crippen LogP contribution in [0.4, 0.5) is 0 Å². The molecule has 1 saturated heterocycles. The molecule has 1 aromatic rings. The predicted molar refractivity (Wildman–Crippen MR) is 77.8 cm³/mol. The largest absolute Gasteiger partial charge is 0.314 e. The maximum atomic E-state index is 3.86. The van der Waals surface area contributed by atoms with E-state index in [1.165, 1.54) is 17.5 Å². The third kappa shape index (κ3) is 3.44. The topological polar surface area (TPSA) is 15.3 Å². The molecular formula is C16H24N2. The lowest BCUT2D eigenvalue weighted by Gasteiger charge is -2.35. The van der Waals surface area contributed by atoms with Gasteiger partial charge < -0.3 is 5.32 Å². The van der Waals surface area contributed by atoms with Gasteiger partial charge in [0.2, 0.25) is 0 Å². The molecule has 1 aromatic carbocycles. The molecule has 0 spiro atoms. The fourth-order valence-corrected chi connectivity index (χ4v) is 2.71. The number of nitrogens with zero attached hydrogens (tertiary/aromatic N) is 1. The van der Waals surface area contributed by atoms with Crippen LogP contribution in [0.1, 0.15) is 30.0 Å². The van der Waals surface area contributed by atoms with Gasteiger partial charge in [-0.1, -0.05) is 35.9 Å². The summed E-state index contributed by atoms with van der Waals surface area (Å²) in [5, 5.41) is 3.43. The molecule has 98 valence electrons. The minimum Gasteiger partial charge on any atom is -0.314 e. The number of hydrogen-bond acceptors (Lipinski definition) is 2. The number of nitrogens with one attached hydrogen (secondary N) is 1. The summed E-state index contributed by atoms with van der Waals surface area (Å²) in [5.74, 6) is 0. The van der Waals surface area contributed by atoms with Crippen molar-refractivity contribution in [3.63, 3.8) is 0 Å². The second kappa shape index (κ2) is 6.72. The van der Waals surface area contributed by atoms with Crippen molar-refractivity contribution >= 4 is 0 Å². The van der Waals surface area contributed by atoms with E-state index in [4.69, 9.17) is 0 Å². The highest BCUT2D eigenvalue weighted by Gasteiger charge is 2.21. The van der Waals surface area contributed by atoms with Crippen molar-refractivity contribution in [2.45, 2.75) is 25.8 Å². The van der Waals surface area contributed by atoms with Gasteiger partial charge in [0, 0.05) is 32.2 Å². The summed E-state index contributed by atoms with van der Waals surface area (Å²) in [6.45, 7) is 10.5. The highest BCUT2D eigenvalue weighted by atomic mass is 15.2. The molecule has 2 heteroatoms. The Morgan fingerprint density at radius 2 is 2.17 bits per heavy atom. The molecule has 1 aliphatic rings. The molecule has 1 heterocycles. The van der Waals surface area contributed by atoms with Gasteiger partial charge >= 0.3 is 0 Å². The highest BCUT2D eigenvalue weighted by Crippen LogP contribution is 2.26. The molecule has 18 heavy (non-hydrogen) atoms. The normalized spacial score (nSPS) is 18.5. The monoisotopic (exact) mass is 244 g/mol. The second-order valence-corrected chi connectivity index (χ2v) is 5.08. The minimum atomic E-state index is 0.546. The fraction of sp³-hybridized carbons (Fsp3) is 0.500. The van der Waals surface area contributed by atoms with Crippen molar-refractivity contribution in [1.29, 1.82) is 0 Å². The Kier molecular flexibility index (Phi) is 4.97. The van der Waals surface area contributed by atoms with Crippen LogP contribution in [0.3, 0.4) is 0 Å². The van der Waals surface area contributed by atoms with Crippen molar-refractivity contribution in [1.82, 2.24) is 10.2 Å². The maximum Gasteiger partial charge on any atom is 0.0352 e. The molecule has 2 nitrogen and oxygen atoms in total. The third-order valence-electron chi connectivity index (χ3n) is 3.66. The number of aryl methyl sites for hydroxylation is 1. The standard InChI is InChI=1S/C16H24N2/c1-3-4-8-16(18-11-9-17-10-12-18)15-7-5-6-14(2)13-15/h3,5-7,13,16-17H,1,4,8-12H2,2H3/t16-/m0/s1. The van der Waals surface area contributed by atoms with E-state index in [1.807, 2.05) is 6.08 Å². The Morgan fingerprint density at radius 1 is 1.39 bits per heavy atom. The van der Waals surface area contributed by atoms with Crippen LogP contribution in [0, 0.1) is 6.92 Å². The molecule has 1 N–H and O–H groups in total. The molecule has 1 aliphatic heterocycles. The lowest BCUT2D eigenvalue weighted by atomic mass is 9.98. The molecule has 0 saturated carbocycles. The summed E-state index contributed by atoms with van der Waals surface area (Å²) >= 11 is 0. The quantitative estimate of drug-likeness (QED) is 0.801. The molecule has 2 rings (SSSR count). The number of allylic oxidation sites excluding steroid dienone is 1. The zero-order valence-electron chi connectivity index (χ0n) is 11.4. The Morgan fingerprint density at radius 3 is 2.83 bits per heavy atom. The Hall–Kier alpha value is -1.12. The predicted octanol–water partition coefficient (Wildman–Crippen LogP) is 2.91. The van der Waals surface area contributed by atoms with Gasteiger partial charge in [0.25, 0.3) is 0 Å². The first kappa shape index (κ1) is 13.3. The van der Waals surface area contributed by atoms with Crippen LogP contribution in [0.5, 0.6) is 0 Å². The number of hydrogen-bond donors (Lipinski definition) is 1. The molecule has 0 aliphatic carbocycles. The first-order valence-electron chi connectivity index (χ1n) is 6.93. The lowest BCUT2D eigenvalue weighted by molar-refractivity contribution is 0.166. The molecule has 0 bridgehead atoms. The minimum absolute atomic E-state index is 0.546. The molecule has 0 amide bonds. The van der Waals surface area contributed by atoms with Gasteiger partial charge in [-0.25, -0.2) is 0 Å². The summed E-state index contributed by atoms with van der Waals surface area (Å²) in [7, 11) is 0. The highest BCUT2D eigenvalue weighted by molar-refractivity contribution is 5.25. The van der Waals surface area contributed by atoms with E-state index in [0.717, 1.165) is 32.6 Å². The average molecular weight is 244 g/mol. The van der Waals surface area contributed by atoms with Gasteiger partial charge in [-0.3, -0.25) is 4.90 Å². The van der Waals surface area contributed by atoms with E-state index in [1.54, 1.807) is 0 Å². The van der Waals surface area contributed by atoms with E-state index in [0.29, 0.717) is 6.04 Å². The molecule has 0 radical (unpaired) electrons. The molecule has 0 aromatic heterocycles. The Balaban J connectivity index is 2.15.